The van der Waals surface area contributed by atoms with Crippen molar-refractivity contribution in [3.8, 4) is 0 Å². The third-order valence-corrected chi connectivity index (χ3v) is 3.70. The van der Waals surface area contributed by atoms with E-state index < -0.39 is 0 Å². The van der Waals surface area contributed by atoms with Gasteiger partial charge in [-0.1, -0.05) is 17.7 Å². The number of carbonyl (C=O) groups excluding carboxylic acids is 1. The van der Waals surface area contributed by atoms with Crippen LogP contribution >= 0.6 is 12.4 Å². The minimum Gasteiger partial charge on any atom is -0.325 e. The first kappa shape index (κ1) is 17.0. The van der Waals surface area contributed by atoms with Crippen molar-refractivity contribution in [1.82, 2.24) is 10.2 Å². The lowest BCUT2D eigenvalue weighted by Crippen LogP contribution is -2.44. The summed E-state index contributed by atoms with van der Waals surface area (Å²) in [5.74, 6) is 0.0757. The molecule has 1 aliphatic rings. The predicted octanol–water partition coefficient (Wildman–Crippen LogP) is 2.04. The van der Waals surface area contributed by atoms with Gasteiger partial charge in [-0.05, 0) is 38.9 Å². The SMILES string of the molecule is CNC1CCN(CC(=O)Nc2ccc(C)cc2)CC1.Cl. The zero-order valence-corrected chi connectivity index (χ0v) is 13.0. The average Bonchev–Trinajstić information content (AvgIpc) is 2.42. The minimum absolute atomic E-state index is 0. The van der Waals surface area contributed by atoms with E-state index in [4.69, 9.17) is 0 Å². The Morgan fingerprint density at radius 2 is 1.85 bits per heavy atom. The van der Waals surface area contributed by atoms with Gasteiger partial charge in [0.1, 0.15) is 0 Å². The van der Waals surface area contributed by atoms with Crippen molar-refractivity contribution < 1.29 is 4.79 Å². The molecule has 0 unspecified atom stereocenters. The molecule has 2 N–H and O–H groups in total. The van der Waals surface area contributed by atoms with Gasteiger partial charge in [-0.2, -0.15) is 0 Å². The number of carbonyl (C=O) groups is 1. The highest BCUT2D eigenvalue weighted by molar-refractivity contribution is 5.92. The van der Waals surface area contributed by atoms with Crippen molar-refractivity contribution in [2.24, 2.45) is 0 Å². The zero-order valence-electron chi connectivity index (χ0n) is 12.2. The molecule has 1 saturated heterocycles. The van der Waals surface area contributed by atoms with Crippen molar-refractivity contribution in [2.75, 3.05) is 32.0 Å². The standard InChI is InChI=1S/C15H23N3O.ClH/c1-12-3-5-14(6-4-12)17-15(19)11-18-9-7-13(16-2)8-10-18;/h3-6,13,16H,7-11H2,1-2H3,(H,17,19);1H. The molecule has 1 heterocycles. The van der Waals surface area contributed by atoms with Crippen LogP contribution in [0.2, 0.25) is 0 Å². The van der Waals surface area contributed by atoms with E-state index in [1.807, 2.05) is 38.2 Å². The van der Waals surface area contributed by atoms with Gasteiger partial charge in [0.2, 0.25) is 5.91 Å². The predicted molar refractivity (Wildman–Crippen MR) is 85.6 cm³/mol. The summed E-state index contributed by atoms with van der Waals surface area (Å²) in [5.41, 5.74) is 2.08. The first-order valence-electron chi connectivity index (χ1n) is 6.93. The number of aryl methyl sites for hydroxylation is 1. The molecule has 4 nitrogen and oxygen atoms in total. The molecule has 1 aliphatic heterocycles. The van der Waals surface area contributed by atoms with Crippen LogP contribution in [-0.2, 0) is 4.79 Å². The number of nitrogens with one attached hydrogen (secondary N) is 2. The molecule has 0 saturated carbocycles. The topological polar surface area (TPSA) is 44.4 Å². The van der Waals surface area contributed by atoms with Crippen molar-refractivity contribution in [3.05, 3.63) is 29.8 Å². The Bertz CT molecular complexity index is 414. The Kier molecular flexibility index (Phi) is 6.99. The van der Waals surface area contributed by atoms with Crippen LogP contribution < -0.4 is 10.6 Å². The van der Waals surface area contributed by atoms with Gasteiger partial charge in [-0.25, -0.2) is 0 Å². The normalized spacial score (nSPS) is 16.5. The second-order valence-electron chi connectivity index (χ2n) is 5.25. The number of anilines is 1. The van der Waals surface area contributed by atoms with Crippen LogP contribution in [0.4, 0.5) is 5.69 Å². The van der Waals surface area contributed by atoms with Crippen molar-refractivity contribution in [3.63, 3.8) is 0 Å². The molecule has 0 radical (unpaired) electrons. The molecule has 112 valence electrons. The Balaban J connectivity index is 0.00000200. The van der Waals surface area contributed by atoms with Crippen LogP contribution in [0.1, 0.15) is 18.4 Å². The Hall–Kier alpha value is -1.10. The largest absolute Gasteiger partial charge is 0.325 e. The van der Waals surface area contributed by atoms with E-state index in [1.165, 1.54) is 5.56 Å². The fourth-order valence-corrected chi connectivity index (χ4v) is 2.42. The summed E-state index contributed by atoms with van der Waals surface area (Å²) >= 11 is 0. The number of hydrogen-bond acceptors (Lipinski definition) is 3. The quantitative estimate of drug-likeness (QED) is 0.894. The van der Waals surface area contributed by atoms with Crippen LogP contribution in [-0.4, -0.2) is 43.5 Å². The zero-order chi connectivity index (χ0) is 13.7. The Morgan fingerprint density at radius 3 is 2.40 bits per heavy atom. The molecule has 1 aromatic carbocycles. The van der Waals surface area contributed by atoms with Crippen LogP contribution in [0.5, 0.6) is 0 Å². The molecule has 1 amide bonds. The van der Waals surface area contributed by atoms with E-state index in [0.717, 1.165) is 31.6 Å². The first-order chi connectivity index (χ1) is 9.17. The van der Waals surface area contributed by atoms with Gasteiger partial charge < -0.3 is 10.6 Å². The maximum atomic E-state index is 11.9. The van der Waals surface area contributed by atoms with Crippen LogP contribution in [0.25, 0.3) is 0 Å². The number of piperidine rings is 1. The lowest BCUT2D eigenvalue weighted by Gasteiger charge is -2.31. The third kappa shape index (κ3) is 5.12. The van der Waals surface area contributed by atoms with E-state index in [0.29, 0.717) is 12.6 Å². The van der Waals surface area contributed by atoms with Gasteiger partial charge in [0.15, 0.2) is 0 Å². The van der Waals surface area contributed by atoms with E-state index >= 15 is 0 Å². The van der Waals surface area contributed by atoms with E-state index in [9.17, 15) is 4.79 Å². The highest BCUT2D eigenvalue weighted by atomic mass is 35.5. The number of benzene rings is 1. The van der Waals surface area contributed by atoms with Gasteiger partial charge in [0.25, 0.3) is 0 Å². The Morgan fingerprint density at radius 1 is 1.25 bits per heavy atom. The van der Waals surface area contributed by atoms with E-state index in [1.54, 1.807) is 0 Å². The highest BCUT2D eigenvalue weighted by Crippen LogP contribution is 2.11. The highest BCUT2D eigenvalue weighted by Gasteiger charge is 2.19. The second-order valence-corrected chi connectivity index (χ2v) is 5.25. The van der Waals surface area contributed by atoms with E-state index in [-0.39, 0.29) is 18.3 Å². The molecule has 2 rings (SSSR count). The summed E-state index contributed by atoms with van der Waals surface area (Å²) < 4.78 is 0. The smallest absolute Gasteiger partial charge is 0.238 e. The van der Waals surface area contributed by atoms with Crippen LogP contribution in [0.15, 0.2) is 24.3 Å². The number of likely N-dealkylation sites (tertiary alicyclic amines) is 1. The summed E-state index contributed by atoms with van der Waals surface area (Å²) in [6.45, 7) is 4.52. The fourth-order valence-electron chi connectivity index (χ4n) is 2.42. The molecule has 1 aromatic rings. The van der Waals surface area contributed by atoms with Crippen molar-refractivity contribution in [2.45, 2.75) is 25.8 Å². The molecular weight excluding hydrogens is 274 g/mol. The summed E-state index contributed by atoms with van der Waals surface area (Å²) in [4.78, 5) is 14.2. The van der Waals surface area contributed by atoms with Crippen molar-refractivity contribution >= 4 is 24.0 Å². The fraction of sp³-hybridized carbons (Fsp3) is 0.533. The van der Waals surface area contributed by atoms with Gasteiger partial charge in [-0.15, -0.1) is 12.4 Å². The maximum absolute atomic E-state index is 11.9. The van der Waals surface area contributed by atoms with E-state index in [2.05, 4.69) is 15.5 Å². The van der Waals surface area contributed by atoms with Crippen LogP contribution in [0, 0.1) is 6.92 Å². The number of halogens is 1. The average molecular weight is 298 g/mol. The molecule has 20 heavy (non-hydrogen) atoms. The van der Waals surface area contributed by atoms with Gasteiger partial charge in [-0.3, -0.25) is 9.69 Å². The molecule has 0 atom stereocenters. The number of nitrogens with zero attached hydrogens (tertiary/aromatic N) is 1. The summed E-state index contributed by atoms with van der Waals surface area (Å²) in [6, 6.07) is 8.51. The third-order valence-electron chi connectivity index (χ3n) is 3.70. The molecule has 0 spiro atoms. The molecule has 0 bridgehead atoms. The summed E-state index contributed by atoms with van der Waals surface area (Å²) in [5, 5.41) is 6.24. The molecule has 1 fully saturated rings. The summed E-state index contributed by atoms with van der Waals surface area (Å²) in [6.07, 6.45) is 2.24. The van der Waals surface area contributed by atoms with Crippen LogP contribution in [0.3, 0.4) is 0 Å². The lowest BCUT2D eigenvalue weighted by molar-refractivity contribution is -0.117. The van der Waals surface area contributed by atoms with Gasteiger partial charge >= 0.3 is 0 Å². The molecule has 0 aromatic heterocycles. The minimum atomic E-state index is 0. The second kappa shape index (κ2) is 8.25. The molecule has 0 aliphatic carbocycles. The number of amides is 1. The van der Waals surface area contributed by atoms with Gasteiger partial charge in [0, 0.05) is 24.8 Å². The maximum Gasteiger partial charge on any atom is 0.238 e. The molecular formula is C15H24ClN3O. The monoisotopic (exact) mass is 297 g/mol. The summed E-state index contributed by atoms with van der Waals surface area (Å²) in [7, 11) is 2.00. The molecule has 5 heteroatoms. The number of rotatable bonds is 4. The van der Waals surface area contributed by atoms with Crippen molar-refractivity contribution in [1.29, 1.82) is 0 Å². The lowest BCUT2D eigenvalue weighted by atomic mass is 10.1. The Labute approximate surface area is 127 Å². The number of hydrogen-bond donors (Lipinski definition) is 2. The van der Waals surface area contributed by atoms with Gasteiger partial charge in [0.05, 0.1) is 6.54 Å². The first-order valence-corrected chi connectivity index (χ1v) is 6.93.